The van der Waals surface area contributed by atoms with Gasteiger partial charge >= 0.3 is 0 Å². The fraction of sp³-hybridized carbons (Fsp3) is 0.286. The highest BCUT2D eigenvalue weighted by Crippen LogP contribution is 2.30. The zero-order valence-electron chi connectivity index (χ0n) is 17.3. The molecule has 30 heavy (non-hydrogen) atoms. The average molecular weight is 429 g/mol. The molecule has 1 atom stereocenters. The molecule has 2 aromatic carbocycles. The molecular weight excluding hydrogens is 404 g/mol. The fourth-order valence-corrected chi connectivity index (χ4v) is 3.48. The Morgan fingerprint density at radius 2 is 1.77 bits per heavy atom. The maximum Gasteiger partial charge on any atom is 0.234 e. The molecule has 1 unspecified atom stereocenters. The van der Waals surface area contributed by atoms with Gasteiger partial charge in [0.25, 0.3) is 0 Å². The summed E-state index contributed by atoms with van der Waals surface area (Å²) in [5.74, 6) is 2.74. The van der Waals surface area contributed by atoms with Crippen molar-refractivity contribution in [1.82, 2.24) is 14.8 Å². The molecule has 1 heterocycles. The van der Waals surface area contributed by atoms with Crippen LogP contribution in [0.3, 0.4) is 0 Å². The lowest BCUT2D eigenvalue weighted by Crippen LogP contribution is -2.15. The van der Waals surface area contributed by atoms with Gasteiger partial charge in [-0.2, -0.15) is 0 Å². The topological polar surface area (TPSA) is 87.5 Å². The molecule has 0 saturated heterocycles. The van der Waals surface area contributed by atoms with E-state index in [1.165, 1.54) is 11.8 Å². The normalized spacial score (nSPS) is 11.6. The lowest BCUT2D eigenvalue weighted by Gasteiger charge is -2.16. The van der Waals surface area contributed by atoms with Crippen molar-refractivity contribution in [3.05, 3.63) is 54.4 Å². The van der Waals surface area contributed by atoms with Crippen molar-refractivity contribution < 1.29 is 19.0 Å². The zero-order valence-corrected chi connectivity index (χ0v) is 18.1. The zero-order chi connectivity index (χ0) is 21.5. The molecule has 9 heteroatoms. The second-order valence-electron chi connectivity index (χ2n) is 6.38. The van der Waals surface area contributed by atoms with E-state index in [9.17, 15) is 4.79 Å². The van der Waals surface area contributed by atoms with Crippen LogP contribution in [0.4, 0.5) is 5.69 Å². The molecule has 0 radical (unpaired) electrons. The number of thioether (sulfide) groups is 1. The Labute approximate surface area is 179 Å². The maximum atomic E-state index is 12.2. The lowest BCUT2D eigenvalue weighted by molar-refractivity contribution is -0.113. The summed E-state index contributed by atoms with van der Waals surface area (Å²) in [4.78, 5) is 12.2. The summed E-state index contributed by atoms with van der Waals surface area (Å²) in [6, 6.07) is 14.6. The Balaban J connectivity index is 1.58. The number of nitrogens with one attached hydrogen (secondary N) is 1. The molecule has 3 aromatic rings. The Morgan fingerprint density at radius 1 is 1.07 bits per heavy atom. The van der Waals surface area contributed by atoms with Crippen LogP contribution in [0.5, 0.6) is 17.2 Å². The van der Waals surface area contributed by atoms with E-state index >= 15 is 0 Å². The SMILES string of the molecule is COc1ccc(NC(=O)CSc2nnc(C(C)Oc3ccccc3OC)n2C)cc1. The first kappa shape index (κ1) is 21.5. The van der Waals surface area contributed by atoms with Crippen molar-refractivity contribution in [2.45, 2.75) is 18.2 Å². The minimum absolute atomic E-state index is 0.131. The van der Waals surface area contributed by atoms with Crippen molar-refractivity contribution in [3.63, 3.8) is 0 Å². The highest BCUT2D eigenvalue weighted by atomic mass is 32.2. The van der Waals surface area contributed by atoms with E-state index in [1.54, 1.807) is 38.5 Å². The number of nitrogens with zero attached hydrogens (tertiary/aromatic N) is 3. The van der Waals surface area contributed by atoms with Crippen LogP contribution >= 0.6 is 11.8 Å². The number of aromatic nitrogens is 3. The van der Waals surface area contributed by atoms with Crippen LogP contribution in [0.1, 0.15) is 18.9 Å². The van der Waals surface area contributed by atoms with Crippen molar-refractivity contribution in [1.29, 1.82) is 0 Å². The van der Waals surface area contributed by atoms with Gasteiger partial charge < -0.3 is 24.1 Å². The molecule has 0 aliphatic rings. The van der Waals surface area contributed by atoms with E-state index < -0.39 is 0 Å². The van der Waals surface area contributed by atoms with Crippen LogP contribution in [0.2, 0.25) is 0 Å². The molecule has 1 amide bonds. The summed E-state index contributed by atoms with van der Waals surface area (Å²) in [6.45, 7) is 1.89. The Morgan fingerprint density at radius 3 is 2.43 bits per heavy atom. The van der Waals surface area contributed by atoms with Gasteiger partial charge in [0, 0.05) is 12.7 Å². The van der Waals surface area contributed by atoms with Gasteiger partial charge in [0.05, 0.1) is 20.0 Å². The summed E-state index contributed by atoms with van der Waals surface area (Å²) >= 11 is 1.31. The van der Waals surface area contributed by atoms with E-state index in [-0.39, 0.29) is 17.8 Å². The van der Waals surface area contributed by atoms with Gasteiger partial charge in [-0.3, -0.25) is 4.79 Å². The van der Waals surface area contributed by atoms with Crippen LogP contribution in [-0.2, 0) is 11.8 Å². The number of rotatable bonds is 9. The number of carbonyl (C=O) groups excluding carboxylic acids is 1. The third-order valence-electron chi connectivity index (χ3n) is 4.31. The predicted octanol–water partition coefficient (Wildman–Crippen LogP) is 3.70. The molecular formula is C21H24N4O4S. The van der Waals surface area contributed by atoms with E-state index in [0.29, 0.717) is 28.2 Å². The van der Waals surface area contributed by atoms with Crippen molar-refractivity contribution >= 4 is 23.4 Å². The van der Waals surface area contributed by atoms with Crippen molar-refractivity contribution in [3.8, 4) is 17.2 Å². The molecule has 1 N–H and O–H groups in total. The summed E-state index contributed by atoms with van der Waals surface area (Å²) in [6.07, 6.45) is -0.346. The first-order valence-corrected chi connectivity index (χ1v) is 10.3. The number of hydrogen-bond donors (Lipinski definition) is 1. The van der Waals surface area contributed by atoms with Gasteiger partial charge in [-0.05, 0) is 43.3 Å². The maximum absolute atomic E-state index is 12.2. The predicted molar refractivity (Wildman–Crippen MR) is 115 cm³/mol. The van der Waals surface area contributed by atoms with Gasteiger partial charge in [-0.1, -0.05) is 23.9 Å². The van der Waals surface area contributed by atoms with E-state index in [1.807, 2.05) is 42.8 Å². The fourth-order valence-electron chi connectivity index (χ4n) is 2.77. The standard InChI is InChI=1S/C21H24N4O4S/c1-14(29-18-8-6-5-7-17(18)28-4)20-23-24-21(25(20)2)30-13-19(26)22-15-9-11-16(27-3)12-10-15/h5-12,14H,13H2,1-4H3,(H,22,26). The van der Waals surface area contributed by atoms with E-state index in [2.05, 4.69) is 15.5 Å². The van der Waals surface area contributed by atoms with Gasteiger partial charge in [-0.15, -0.1) is 10.2 Å². The second kappa shape index (κ2) is 10.0. The molecule has 0 aliphatic heterocycles. The number of para-hydroxylation sites is 2. The molecule has 0 fully saturated rings. The minimum Gasteiger partial charge on any atom is -0.497 e. The Kier molecular flexibility index (Phi) is 7.18. The molecule has 0 aliphatic carbocycles. The van der Waals surface area contributed by atoms with Gasteiger partial charge in [0.1, 0.15) is 5.75 Å². The number of ether oxygens (including phenoxy) is 3. The quantitative estimate of drug-likeness (QED) is 0.520. The third kappa shape index (κ3) is 5.24. The Hall–Kier alpha value is -3.20. The van der Waals surface area contributed by atoms with Crippen LogP contribution < -0.4 is 19.5 Å². The molecule has 158 valence electrons. The first-order valence-electron chi connectivity index (χ1n) is 9.27. The highest BCUT2D eigenvalue weighted by Gasteiger charge is 2.19. The number of hydrogen-bond acceptors (Lipinski definition) is 7. The number of benzene rings is 2. The summed E-state index contributed by atoms with van der Waals surface area (Å²) in [7, 11) is 5.05. The second-order valence-corrected chi connectivity index (χ2v) is 7.32. The van der Waals surface area contributed by atoms with E-state index in [0.717, 1.165) is 5.75 Å². The third-order valence-corrected chi connectivity index (χ3v) is 5.33. The number of amides is 1. The summed E-state index contributed by atoms with van der Waals surface area (Å²) in [5.41, 5.74) is 0.707. The van der Waals surface area contributed by atoms with Crippen LogP contribution in [0.25, 0.3) is 0 Å². The number of carbonyl (C=O) groups is 1. The van der Waals surface area contributed by atoms with Gasteiger partial charge in [0.2, 0.25) is 5.91 Å². The average Bonchev–Trinajstić information content (AvgIpc) is 3.13. The molecule has 0 bridgehead atoms. The van der Waals surface area contributed by atoms with Crippen molar-refractivity contribution in [2.75, 3.05) is 25.3 Å². The Bertz CT molecular complexity index is 991. The molecule has 1 aromatic heterocycles. The molecule has 8 nitrogen and oxygen atoms in total. The van der Waals surface area contributed by atoms with Crippen LogP contribution in [0.15, 0.2) is 53.7 Å². The highest BCUT2D eigenvalue weighted by molar-refractivity contribution is 7.99. The summed E-state index contributed by atoms with van der Waals surface area (Å²) in [5, 5.41) is 11.9. The first-order chi connectivity index (χ1) is 14.5. The number of methoxy groups -OCH3 is 2. The molecule has 0 saturated carbocycles. The summed E-state index contributed by atoms with van der Waals surface area (Å²) < 4.78 is 18.3. The van der Waals surface area contributed by atoms with E-state index in [4.69, 9.17) is 14.2 Å². The molecule has 0 spiro atoms. The smallest absolute Gasteiger partial charge is 0.234 e. The monoisotopic (exact) mass is 428 g/mol. The van der Waals surface area contributed by atoms with Gasteiger partial charge in [0.15, 0.2) is 28.6 Å². The van der Waals surface area contributed by atoms with Crippen molar-refractivity contribution in [2.24, 2.45) is 7.05 Å². The minimum atomic E-state index is -0.346. The largest absolute Gasteiger partial charge is 0.497 e. The van der Waals surface area contributed by atoms with Crippen LogP contribution in [-0.4, -0.2) is 40.6 Å². The molecule has 3 rings (SSSR count). The van der Waals surface area contributed by atoms with Gasteiger partial charge in [-0.25, -0.2) is 0 Å². The lowest BCUT2D eigenvalue weighted by atomic mass is 10.3. The van der Waals surface area contributed by atoms with Crippen LogP contribution in [0, 0.1) is 0 Å². The number of anilines is 1.